The molecule has 0 aromatic carbocycles. The van der Waals surface area contributed by atoms with Crippen LogP contribution in [0.15, 0.2) is 0 Å². The summed E-state index contributed by atoms with van der Waals surface area (Å²) >= 11 is 0. The second kappa shape index (κ2) is 3.35. The smallest absolute Gasteiger partial charge is 0.541 e. The number of aliphatic hydroxyl groups is 1. The van der Waals surface area contributed by atoms with Crippen molar-refractivity contribution in [2.45, 2.75) is 18.6 Å². The molecule has 3 atom stereocenters. The van der Waals surface area contributed by atoms with E-state index in [1.807, 2.05) is 6.92 Å². The van der Waals surface area contributed by atoms with Crippen LogP contribution in [0.2, 0.25) is 0 Å². The molecule has 0 aromatic rings. The second-order valence-electron chi connectivity index (χ2n) is 3.04. The molecule has 11 heavy (non-hydrogen) atoms. The summed E-state index contributed by atoms with van der Waals surface area (Å²) in [5, 5.41) is 8.99. The van der Waals surface area contributed by atoms with Crippen LogP contribution in [-0.2, 0) is 9.47 Å². The molecule has 2 bridgehead atoms. The third-order valence-corrected chi connectivity index (χ3v) is 2.55. The first-order valence-electron chi connectivity index (χ1n) is 3.52. The van der Waals surface area contributed by atoms with Crippen molar-refractivity contribution in [2.75, 3.05) is 13.2 Å². The zero-order valence-electron chi connectivity index (χ0n) is 6.41. The molecule has 3 unspecified atom stereocenters. The molecule has 2 heterocycles. The van der Waals surface area contributed by atoms with Gasteiger partial charge in [0.05, 0.1) is 18.8 Å². The maximum atomic E-state index is 8.99. The third kappa shape index (κ3) is 1.30. The van der Waals surface area contributed by atoms with Gasteiger partial charge in [-0.15, -0.1) is 0 Å². The molecule has 0 aromatic heterocycles. The van der Waals surface area contributed by atoms with Crippen molar-refractivity contribution in [1.29, 1.82) is 0 Å². The van der Waals surface area contributed by atoms with Gasteiger partial charge in [0, 0.05) is 0 Å². The fraction of sp³-hybridized carbons (Fsp3) is 0.857. The van der Waals surface area contributed by atoms with Crippen LogP contribution in [0.1, 0.15) is 6.92 Å². The van der Waals surface area contributed by atoms with E-state index in [9.17, 15) is 0 Å². The standard InChI is InChI=1S/C7H11O3.U/c1-5-6-2-10-7(5,3-8)4-9-6;/h2,5-6,8H,3-4H2,1H3;/q-1;+2. The molecule has 3 nitrogen and oxygen atoms in total. The number of hydrogen-bond donors (Lipinski definition) is 1. The van der Waals surface area contributed by atoms with Gasteiger partial charge < -0.3 is 14.6 Å². The number of rotatable bonds is 1. The molecule has 2 rings (SSSR count). The fourth-order valence-corrected chi connectivity index (χ4v) is 1.54. The Morgan fingerprint density at radius 2 is 2.45 bits per heavy atom. The van der Waals surface area contributed by atoms with Crippen molar-refractivity contribution in [3.63, 3.8) is 0 Å². The third-order valence-electron chi connectivity index (χ3n) is 2.55. The molecule has 0 saturated carbocycles. The number of hydrogen-bond acceptors (Lipinski definition) is 3. The van der Waals surface area contributed by atoms with Crippen LogP contribution < -0.4 is 0 Å². The SMILES string of the molecule is CC1C2[CH-]OC1(CO)CO2.[U+2]. The van der Waals surface area contributed by atoms with Crippen molar-refractivity contribution < 1.29 is 45.7 Å². The maximum absolute atomic E-state index is 8.99. The molecule has 4 heteroatoms. The quantitative estimate of drug-likeness (QED) is 0.648. The molecule has 0 spiro atoms. The van der Waals surface area contributed by atoms with Crippen LogP contribution >= 0.6 is 0 Å². The summed E-state index contributed by atoms with van der Waals surface area (Å²) in [5.41, 5.74) is -0.412. The Hall–Kier alpha value is 0.932. The molecular weight excluding hydrogens is 370 g/mol. The van der Waals surface area contributed by atoms with Crippen molar-refractivity contribution in [2.24, 2.45) is 5.92 Å². The van der Waals surface area contributed by atoms with E-state index in [4.69, 9.17) is 14.6 Å². The molecule has 60 valence electrons. The Morgan fingerprint density at radius 3 is 2.64 bits per heavy atom. The summed E-state index contributed by atoms with van der Waals surface area (Å²) in [4.78, 5) is 0. The minimum atomic E-state index is -0.412. The summed E-state index contributed by atoms with van der Waals surface area (Å²) in [6.45, 7) is 4.31. The molecular formula is C7H11O3U+. The topological polar surface area (TPSA) is 38.7 Å². The average Bonchev–Trinajstić information content (AvgIpc) is 2.46. The van der Waals surface area contributed by atoms with Gasteiger partial charge in [0.15, 0.2) is 0 Å². The van der Waals surface area contributed by atoms with Gasteiger partial charge in [-0.2, -0.15) is 6.61 Å². The van der Waals surface area contributed by atoms with E-state index < -0.39 is 5.60 Å². The first-order chi connectivity index (χ1) is 4.78. The van der Waals surface area contributed by atoms with E-state index >= 15 is 0 Å². The summed E-state index contributed by atoms with van der Waals surface area (Å²) < 4.78 is 10.6. The fourth-order valence-electron chi connectivity index (χ4n) is 1.54. The van der Waals surface area contributed by atoms with Crippen molar-refractivity contribution >= 4 is 0 Å². The maximum Gasteiger partial charge on any atom is 2.00 e. The van der Waals surface area contributed by atoms with Crippen molar-refractivity contribution in [1.82, 2.24) is 0 Å². The Kier molecular flexibility index (Phi) is 3.05. The van der Waals surface area contributed by atoms with Crippen LogP contribution in [0.3, 0.4) is 0 Å². The van der Waals surface area contributed by atoms with E-state index in [-0.39, 0.29) is 43.8 Å². The van der Waals surface area contributed by atoms with Crippen LogP contribution in [0.5, 0.6) is 0 Å². The van der Waals surface area contributed by atoms with Crippen molar-refractivity contribution in [3.8, 4) is 0 Å². The van der Waals surface area contributed by atoms with Gasteiger partial charge >= 0.3 is 31.1 Å². The zero-order chi connectivity index (χ0) is 7.19. The Morgan fingerprint density at radius 1 is 1.73 bits per heavy atom. The summed E-state index contributed by atoms with van der Waals surface area (Å²) in [6.07, 6.45) is 0.104. The van der Waals surface area contributed by atoms with Gasteiger partial charge in [-0.25, -0.2) is 0 Å². The summed E-state index contributed by atoms with van der Waals surface area (Å²) in [6, 6.07) is 0. The minimum absolute atomic E-state index is 0. The van der Waals surface area contributed by atoms with Crippen LogP contribution in [0.25, 0.3) is 0 Å². The number of aliphatic hydroxyl groups excluding tert-OH is 1. The van der Waals surface area contributed by atoms with Crippen LogP contribution in [0.4, 0.5) is 0 Å². The molecule has 2 fully saturated rings. The molecule has 0 radical (unpaired) electrons. The molecule has 0 amide bonds. The van der Waals surface area contributed by atoms with Gasteiger partial charge in [-0.3, -0.25) is 0 Å². The molecule has 2 aliphatic heterocycles. The second-order valence-corrected chi connectivity index (χ2v) is 3.04. The zero-order valence-corrected chi connectivity index (χ0v) is 10.6. The predicted molar refractivity (Wildman–Crippen MR) is 34.1 cm³/mol. The van der Waals surface area contributed by atoms with E-state index in [1.54, 1.807) is 6.61 Å². The van der Waals surface area contributed by atoms with Gasteiger partial charge in [0.25, 0.3) is 0 Å². The number of fused-ring (bicyclic) bond motifs is 2. The normalized spacial score (nSPS) is 47.5. The predicted octanol–water partition coefficient (Wildman–Crippen LogP) is -0.0556. The molecule has 2 aliphatic rings. The average molecular weight is 381 g/mol. The van der Waals surface area contributed by atoms with E-state index in [1.165, 1.54) is 0 Å². The summed E-state index contributed by atoms with van der Waals surface area (Å²) in [5.74, 6) is 0.303. The van der Waals surface area contributed by atoms with Gasteiger partial charge in [0.2, 0.25) is 0 Å². The van der Waals surface area contributed by atoms with Gasteiger partial charge in [-0.05, 0) is 12.0 Å². The molecule has 0 aliphatic carbocycles. The van der Waals surface area contributed by atoms with E-state index in [0.29, 0.717) is 12.5 Å². The molecule has 2 saturated heterocycles. The van der Waals surface area contributed by atoms with E-state index in [0.717, 1.165) is 0 Å². The Labute approximate surface area is 89.8 Å². The van der Waals surface area contributed by atoms with Gasteiger partial charge in [0.1, 0.15) is 0 Å². The summed E-state index contributed by atoms with van der Waals surface area (Å²) in [7, 11) is 0. The Bertz CT molecular complexity index is 143. The monoisotopic (exact) mass is 381 g/mol. The van der Waals surface area contributed by atoms with E-state index in [2.05, 4.69) is 0 Å². The van der Waals surface area contributed by atoms with Crippen LogP contribution in [0, 0.1) is 43.6 Å². The first-order valence-corrected chi connectivity index (χ1v) is 3.52. The minimum Gasteiger partial charge on any atom is -0.541 e. The first kappa shape index (κ1) is 10.0. The largest absolute Gasteiger partial charge is 2.00 e. The van der Waals surface area contributed by atoms with Gasteiger partial charge in [-0.1, -0.05) is 6.92 Å². The van der Waals surface area contributed by atoms with Crippen molar-refractivity contribution in [3.05, 3.63) is 6.61 Å². The number of ether oxygens (including phenoxy) is 2. The Balaban J connectivity index is 0.000000605. The molecule has 1 N–H and O–H groups in total. The van der Waals surface area contributed by atoms with Crippen LogP contribution in [-0.4, -0.2) is 30.0 Å².